The zero-order valence-corrected chi connectivity index (χ0v) is 11.3. The highest BCUT2D eigenvalue weighted by atomic mass is 16.3. The highest BCUT2D eigenvalue weighted by Crippen LogP contribution is 2.30. The van der Waals surface area contributed by atoms with Crippen molar-refractivity contribution in [3.05, 3.63) is 24.2 Å². The predicted octanol–water partition coefficient (Wildman–Crippen LogP) is 2.00. The van der Waals surface area contributed by atoms with E-state index in [9.17, 15) is 4.79 Å². The summed E-state index contributed by atoms with van der Waals surface area (Å²) >= 11 is 0. The number of nitrogens with two attached hydrogens (primary N) is 1. The number of hydrogen-bond donors (Lipinski definition) is 1. The highest BCUT2D eigenvalue weighted by molar-refractivity contribution is 5.83. The summed E-state index contributed by atoms with van der Waals surface area (Å²) < 4.78 is 4.99. The molecule has 17 heavy (non-hydrogen) atoms. The molecule has 0 radical (unpaired) electrons. The first kappa shape index (κ1) is 13.8. The van der Waals surface area contributed by atoms with Gasteiger partial charge in [0.05, 0.1) is 17.9 Å². The molecule has 0 aliphatic rings. The Morgan fingerprint density at radius 3 is 2.41 bits per heavy atom. The normalized spacial score (nSPS) is 12.6. The zero-order chi connectivity index (χ0) is 13.3. The molecule has 1 rings (SSSR count). The van der Waals surface area contributed by atoms with Crippen LogP contribution in [0, 0.1) is 5.41 Å². The van der Waals surface area contributed by atoms with Gasteiger partial charge in [-0.2, -0.15) is 0 Å². The van der Waals surface area contributed by atoms with Crippen LogP contribution in [-0.2, 0) is 11.3 Å². The standard InChI is InChI=1S/C13H22N2O2/c1-12(2,13(3,4)14)11(16)15(5)8-10-6-7-17-9-10/h6-7,9H,8,14H2,1-5H3. The van der Waals surface area contributed by atoms with Gasteiger partial charge in [-0.15, -0.1) is 0 Å². The van der Waals surface area contributed by atoms with Crippen LogP contribution >= 0.6 is 0 Å². The molecule has 1 amide bonds. The third-order valence-electron chi connectivity index (χ3n) is 3.49. The molecule has 0 aliphatic carbocycles. The van der Waals surface area contributed by atoms with Gasteiger partial charge in [-0.25, -0.2) is 0 Å². The summed E-state index contributed by atoms with van der Waals surface area (Å²) in [6.07, 6.45) is 3.25. The summed E-state index contributed by atoms with van der Waals surface area (Å²) in [5.41, 5.74) is 5.87. The first-order valence-electron chi connectivity index (χ1n) is 5.72. The number of furan rings is 1. The van der Waals surface area contributed by atoms with Crippen LogP contribution in [0.4, 0.5) is 0 Å². The third-order valence-corrected chi connectivity index (χ3v) is 3.49. The minimum Gasteiger partial charge on any atom is -0.472 e. The average Bonchev–Trinajstić information content (AvgIpc) is 2.67. The van der Waals surface area contributed by atoms with Crippen molar-refractivity contribution in [2.45, 2.75) is 39.8 Å². The molecule has 0 bridgehead atoms. The molecule has 1 aromatic rings. The Kier molecular flexibility index (Phi) is 3.67. The summed E-state index contributed by atoms with van der Waals surface area (Å²) in [7, 11) is 1.78. The zero-order valence-electron chi connectivity index (χ0n) is 11.3. The molecule has 0 saturated heterocycles. The van der Waals surface area contributed by atoms with Gasteiger partial charge in [0.25, 0.3) is 0 Å². The SMILES string of the molecule is CN(Cc1ccoc1)C(=O)C(C)(C)C(C)(C)N. The summed E-state index contributed by atoms with van der Waals surface area (Å²) in [4.78, 5) is 14.0. The van der Waals surface area contributed by atoms with Crippen molar-refractivity contribution in [1.82, 2.24) is 4.90 Å². The minimum absolute atomic E-state index is 0.0335. The fourth-order valence-electron chi connectivity index (χ4n) is 1.48. The molecule has 4 heteroatoms. The topological polar surface area (TPSA) is 59.5 Å². The van der Waals surface area contributed by atoms with E-state index < -0.39 is 11.0 Å². The van der Waals surface area contributed by atoms with Crippen molar-refractivity contribution >= 4 is 5.91 Å². The monoisotopic (exact) mass is 238 g/mol. The Hall–Kier alpha value is -1.29. The fraction of sp³-hybridized carbons (Fsp3) is 0.615. The van der Waals surface area contributed by atoms with Crippen molar-refractivity contribution in [1.29, 1.82) is 0 Å². The van der Waals surface area contributed by atoms with Crippen LogP contribution in [0.25, 0.3) is 0 Å². The summed E-state index contributed by atoms with van der Waals surface area (Å²) in [6.45, 7) is 8.03. The van der Waals surface area contributed by atoms with E-state index in [0.717, 1.165) is 5.56 Å². The Morgan fingerprint density at radius 2 is 2.00 bits per heavy atom. The first-order chi connectivity index (χ1) is 7.66. The van der Waals surface area contributed by atoms with E-state index in [2.05, 4.69) is 0 Å². The summed E-state index contributed by atoms with van der Waals surface area (Å²) in [5, 5.41) is 0. The molecule has 2 N–H and O–H groups in total. The number of rotatable bonds is 4. The van der Waals surface area contributed by atoms with E-state index in [1.807, 2.05) is 33.8 Å². The van der Waals surface area contributed by atoms with E-state index in [1.54, 1.807) is 24.5 Å². The van der Waals surface area contributed by atoms with Gasteiger partial charge in [0.15, 0.2) is 0 Å². The maximum atomic E-state index is 12.4. The van der Waals surface area contributed by atoms with Gasteiger partial charge < -0.3 is 15.1 Å². The minimum atomic E-state index is -0.606. The van der Waals surface area contributed by atoms with Gasteiger partial charge in [0.2, 0.25) is 5.91 Å². The Labute approximate surface area is 103 Å². The lowest BCUT2D eigenvalue weighted by atomic mass is 9.74. The lowest BCUT2D eigenvalue weighted by Crippen LogP contribution is -2.55. The lowest BCUT2D eigenvalue weighted by molar-refractivity contribution is -0.142. The molecule has 4 nitrogen and oxygen atoms in total. The van der Waals surface area contributed by atoms with Crippen LogP contribution in [0.15, 0.2) is 23.0 Å². The van der Waals surface area contributed by atoms with Gasteiger partial charge in [0, 0.05) is 24.7 Å². The Morgan fingerprint density at radius 1 is 1.41 bits per heavy atom. The van der Waals surface area contributed by atoms with Crippen molar-refractivity contribution in [2.75, 3.05) is 7.05 Å². The number of amides is 1. The number of carbonyl (C=O) groups excluding carboxylic acids is 1. The van der Waals surface area contributed by atoms with Crippen LogP contribution < -0.4 is 5.73 Å². The molecule has 0 atom stereocenters. The predicted molar refractivity (Wildman–Crippen MR) is 67.2 cm³/mol. The second-order valence-corrected chi connectivity index (χ2v) is 5.64. The van der Waals surface area contributed by atoms with Crippen LogP contribution in [0.1, 0.15) is 33.3 Å². The van der Waals surface area contributed by atoms with Gasteiger partial charge in [-0.1, -0.05) is 0 Å². The molecule has 0 aliphatic heterocycles. The van der Waals surface area contributed by atoms with E-state index in [4.69, 9.17) is 10.2 Å². The molecular weight excluding hydrogens is 216 g/mol. The third kappa shape index (κ3) is 2.88. The maximum Gasteiger partial charge on any atom is 0.230 e. The van der Waals surface area contributed by atoms with Crippen LogP contribution in [0.5, 0.6) is 0 Å². The van der Waals surface area contributed by atoms with Crippen LogP contribution in [0.2, 0.25) is 0 Å². The largest absolute Gasteiger partial charge is 0.472 e. The second kappa shape index (κ2) is 4.53. The molecule has 96 valence electrons. The summed E-state index contributed by atoms with van der Waals surface area (Å²) in [6, 6.07) is 1.85. The highest BCUT2D eigenvalue weighted by Gasteiger charge is 2.41. The molecule has 0 saturated carbocycles. The molecular formula is C13H22N2O2. The molecule has 1 heterocycles. The van der Waals surface area contributed by atoms with E-state index in [1.165, 1.54) is 0 Å². The van der Waals surface area contributed by atoms with Crippen LogP contribution in [-0.4, -0.2) is 23.4 Å². The number of hydrogen-bond acceptors (Lipinski definition) is 3. The molecule has 0 fully saturated rings. The first-order valence-corrected chi connectivity index (χ1v) is 5.72. The molecule has 0 unspecified atom stereocenters. The molecule has 1 aromatic heterocycles. The Bertz CT molecular complexity index is 375. The average molecular weight is 238 g/mol. The van der Waals surface area contributed by atoms with Gasteiger partial charge in [-0.3, -0.25) is 4.79 Å². The molecule has 0 spiro atoms. The van der Waals surface area contributed by atoms with E-state index >= 15 is 0 Å². The van der Waals surface area contributed by atoms with Crippen molar-refractivity contribution in [2.24, 2.45) is 11.1 Å². The van der Waals surface area contributed by atoms with Gasteiger partial charge in [0.1, 0.15) is 0 Å². The van der Waals surface area contributed by atoms with E-state index in [0.29, 0.717) is 6.54 Å². The second-order valence-electron chi connectivity index (χ2n) is 5.64. The smallest absolute Gasteiger partial charge is 0.230 e. The quantitative estimate of drug-likeness (QED) is 0.872. The lowest BCUT2D eigenvalue weighted by Gasteiger charge is -2.39. The summed E-state index contributed by atoms with van der Waals surface area (Å²) in [5.74, 6) is 0.0335. The molecule has 0 aromatic carbocycles. The fourth-order valence-corrected chi connectivity index (χ4v) is 1.48. The van der Waals surface area contributed by atoms with E-state index in [-0.39, 0.29) is 5.91 Å². The number of carbonyl (C=O) groups is 1. The number of nitrogens with zero attached hydrogens (tertiary/aromatic N) is 1. The van der Waals surface area contributed by atoms with Gasteiger partial charge in [-0.05, 0) is 33.8 Å². The Balaban J connectivity index is 2.76. The maximum absolute atomic E-state index is 12.4. The van der Waals surface area contributed by atoms with Crippen molar-refractivity contribution in [3.63, 3.8) is 0 Å². The van der Waals surface area contributed by atoms with Gasteiger partial charge >= 0.3 is 0 Å². The van der Waals surface area contributed by atoms with Crippen LogP contribution in [0.3, 0.4) is 0 Å². The van der Waals surface area contributed by atoms with Crippen molar-refractivity contribution in [3.8, 4) is 0 Å². The van der Waals surface area contributed by atoms with Crippen molar-refractivity contribution < 1.29 is 9.21 Å².